The van der Waals surface area contributed by atoms with Gasteiger partial charge in [-0.15, -0.1) is 0 Å². The van der Waals surface area contributed by atoms with E-state index in [1.54, 1.807) is 0 Å². The molecule has 1 aliphatic carbocycles. The van der Waals surface area contributed by atoms with Gasteiger partial charge in [0.05, 0.1) is 11.7 Å². The van der Waals surface area contributed by atoms with Gasteiger partial charge in [-0.25, -0.2) is 4.39 Å². The first-order valence-corrected chi connectivity index (χ1v) is 8.10. The number of benzene rings is 1. The molecule has 118 valence electrons. The van der Waals surface area contributed by atoms with E-state index in [4.69, 9.17) is 16.3 Å². The average molecular weight is 315 g/mol. The number of aliphatic hydroxyl groups is 1. The Labute approximate surface area is 131 Å². The monoisotopic (exact) mass is 314 g/mol. The Balaban J connectivity index is 2.15. The highest BCUT2D eigenvalue weighted by atomic mass is 35.5. The molecule has 1 unspecified atom stereocenters. The Kier molecular flexibility index (Phi) is 5.64. The van der Waals surface area contributed by atoms with E-state index in [1.165, 1.54) is 18.2 Å². The molecule has 0 aromatic heterocycles. The van der Waals surface area contributed by atoms with E-state index in [9.17, 15) is 9.50 Å². The van der Waals surface area contributed by atoms with Gasteiger partial charge in [0.25, 0.3) is 0 Å². The quantitative estimate of drug-likeness (QED) is 0.874. The summed E-state index contributed by atoms with van der Waals surface area (Å²) in [5, 5.41) is 11.2. The summed E-state index contributed by atoms with van der Waals surface area (Å²) in [6.45, 7) is 4.75. The lowest BCUT2D eigenvalue weighted by atomic mass is 9.75. The first kappa shape index (κ1) is 16.7. The Morgan fingerprint density at radius 1 is 1.43 bits per heavy atom. The smallest absolute Gasteiger partial charge is 0.123 e. The summed E-state index contributed by atoms with van der Waals surface area (Å²) < 4.78 is 19.3. The van der Waals surface area contributed by atoms with Gasteiger partial charge in [0.15, 0.2) is 0 Å². The fourth-order valence-electron chi connectivity index (χ4n) is 3.21. The summed E-state index contributed by atoms with van der Waals surface area (Å²) in [5.41, 5.74) is 0.124. The zero-order chi connectivity index (χ0) is 15.5. The molecule has 0 saturated heterocycles. The van der Waals surface area contributed by atoms with E-state index >= 15 is 0 Å². The second-order valence-electron chi connectivity index (χ2n) is 6.14. The van der Waals surface area contributed by atoms with Gasteiger partial charge in [-0.1, -0.05) is 18.5 Å². The minimum atomic E-state index is -0.663. The average Bonchev–Trinajstić information content (AvgIpc) is 2.46. The molecule has 0 heterocycles. The van der Waals surface area contributed by atoms with Crippen LogP contribution in [0.25, 0.3) is 0 Å². The van der Waals surface area contributed by atoms with E-state index in [1.807, 2.05) is 6.92 Å². The van der Waals surface area contributed by atoms with Crippen molar-refractivity contribution in [3.8, 4) is 0 Å². The lowest BCUT2D eigenvalue weighted by Gasteiger charge is -2.42. The predicted molar refractivity (Wildman–Crippen MR) is 83.1 cm³/mol. The van der Waals surface area contributed by atoms with Crippen LogP contribution < -0.4 is 0 Å². The van der Waals surface area contributed by atoms with Crippen LogP contribution in [0.4, 0.5) is 4.39 Å². The van der Waals surface area contributed by atoms with Gasteiger partial charge >= 0.3 is 0 Å². The van der Waals surface area contributed by atoms with Crippen LogP contribution >= 0.6 is 11.6 Å². The van der Waals surface area contributed by atoms with Crippen molar-refractivity contribution < 1.29 is 14.2 Å². The second-order valence-corrected chi connectivity index (χ2v) is 6.54. The largest absolute Gasteiger partial charge is 0.390 e. The Morgan fingerprint density at radius 3 is 2.71 bits per heavy atom. The first-order chi connectivity index (χ1) is 9.97. The van der Waals surface area contributed by atoms with Gasteiger partial charge in [-0.2, -0.15) is 0 Å². The fraction of sp³-hybridized carbons (Fsp3) is 0.647. The molecule has 4 heteroatoms. The Morgan fingerprint density at radius 2 is 2.10 bits per heavy atom. The van der Waals surface area contributed by atoms with Gasteiger partial charge < -0.3 is 9.84 Å². The third-order valence-corrected chi connectivity index (χ3v) is 4.95. The number of halogens is 2. The molecule has 0 spiro atoms. The third-order valence-electron chi connectivity index (χ3n) is 4.58. The van der Waals surface area contributed by atoms with Gasteiger partial charge in [-0.3, -0.25) is 0 Å². The normalized spacial score (nSPS) is 27.6. The summed E-state index contributed by atoms with van der Waals surface area (Å²) in [5.74, 6) is 0.341. The topological polar surface area (TPSA) is 29.5 Å². The van der Waals surface area contributed by atoms with Crippen LogP contribution in [-0.2, 0) is 11.2 Å². The molecule has 1 saturated carbocycles. The highest BCUT2D eigenvalue weighted by Gasteiger charge is 2.41. The lowest BCUT2D eigenvalue weighted by molar-refractivity contribution is -0.143. The molecule has 1 aromatic carbocycles. The molecular formula is C17H24ClFO2. The maximum atomic E-state index is 13.4. The van der Waals surface area contributed by atoms with Crippen LogP contribution in [0.15, 0.2) is 18.2 Å². The van der Waals surface area contributed by atoms with Crippen molar-refractivity contribution in [2.24, 2.45) is 5.92 Å². The molecule has 0 radical (unpaired) electrons. The number of rotatable bonds is 5. The van der Waals surface area contributed by atoms with Crippen molar-refractivity contribution >= 4 is 11.6 Å². The van der Waals surface area contributed by atoms with Crippen LogP contribution in [0.2, 0.25) is 5.02 Å². The molecule has 1 N–H and O–H groups in total. The molecular weight excluding hydrogens is 291 g/mol. The van der Waals surface area contributed by atoms with Crippen molar-refractivity contribution in [1.29, 1.82) is 0 Å². The Hall–Kier alpha value is -0.640. The molecule has 0 bridgehead atoms. The number of hydrogen-bond donors (Lipinski definition) is 1. The lowest BCUT2D eigenvalue weighted by Crippen LogP contribution is -2.48. The molecule has 1 fully saturated rings. The van der Waals surface area contributed by atoms with Crippen LogP contribution in [0.3, 0.4) is 0 Å². The highest BCUT2D eigenvalue weighted by Crippen LogP contribution is 2.38. The zero-order valence-corrected chi connectivity index (χ0v) is 13.5. The summed E-state index contributed by atoms with van der Waals surface area (Å²) in [7, 11) is 0. The second kappa shape index (κ2) is 7.08. The fourth-order valence-corrected chi connectivity index (χ4v) is 3.40. The summed E-state index contributed by atoms with van der Waals surface area (Å²) in [4.78, 5) is 0. The van der Waals surface area contributed by atoms with Gasteiger partial charge in [0.2, 0.25) is 0 Å². The number of aliphatic hydroxyl groups excluding tert-OH is 1. The third kappa shape index (κ3) is 3.97. The predicted octanol–water partition coefficient (Wildman–Crippen LogP) is 4.37. The van der Waals surface area contributed by atoms with Gasteiger partial charge in [-0.05, 0) is 62.3 Å². The van der Waals surface area contributed by atoms with Crippen LogP contribution in [0.1, 0.15) is 45.1 Å². The maximum Gasteiger partial charge on any atom is 0.123 e. The molecule has 2 rings (SSSR count). The first-order valence-electron chi connectivity index (χ1n) is 7.73. The molecule has 0 amide bonds. The van der Waals surface area contributed by atoms with E-state index in [0.29, 0.717) is 29.5 Å². The molecule has 0 aliphatic heterocycles. The van der Waals surface area contributed by atoms with E-state index in [2.05, 4.69) is 6.92 Å². The summed E-state index contributed by atoms with van der Waals surface area (Å²) >= 11 is 6.11. The molecule has 1 aliphatic rings. The maximum absolute atomic E-state index is 13.4. The van der Waals surface area contributed by atoms with Crippen LogP contribution in [-0.4, -0.2) is 23.4 Å². The molecule has 2 nitrogen and oxygen atoms in total. The SMILES string of the molecule is CCOC1(C(O)Cc2cc(F)ccc2Cl)CCC(C)CC1. The zero-order valence-electron chi connectivity index (χ0n) is 12.7. The molecule has 1 atom stereocenters. The minimum absolute atomic E-state index is 0.324. The van der Waals surface area contributed by atoms with Crippen molar-refractivity contribution in [2.75, 3.05) is 6.61 Å². The number of ether oxygens (including phenoxy) is 1. The van der Waals surface area contributed by atoms with Crippen molar-refractivity contribution in [3.05, 3.63) is 34.6 Å². The van der Waals surface area contributed by atoms with E-state index < -0.39 is 11.7 Å². The van der Waals surface area contributed by atoms with Gasteiger partial charge in [0, 0.05) is 18.1 Å². The minimum Gasteiger partial charge on any atom is -0.390 e. The number of hydrogen-bond acceptors (Lipinski definition) is 2. The Bertz CT molecular complexity index is 470. The molecule has 1 aromatic rings. The van der Waals surface area contributed by atoms with Gasteiger partial charge in [0.1, 0.15) is 5.82 Å². The standard InChI is InChI=1S/C17H24ClFO2/c1-3-21-17(8-6-12(2)7-9-17)16(20)11-13-10-14(19)4-5-15(13)18/h4-5,10,12,16,20H,3,6-9,11H2,1-2H3. The highest BCUT2D eigenvalue weighted by molar-refractivity contribution is 6.31. The van der Waals surface area contributed by atoms with Crippen LogP contribution in [0, 0.1) is 11.7 Å². The van der Waals surface area contributed by atoms with Crippen molar-refractivity contribution in [2.45, 2.75) is 57.7 Å². The van der Waals surface area contributed by atoms with Crippen molar-refractivity contribution in [1.82, 2.24) is 0 Å². The van der Waals surface area contributed by atoms with Crippen LogP contribution in [0.5, 0.6) is 0 Å². The van der Waals surface area contributed by atoms with E-state index in [0.717, 1.165) is 25.7 Å². The van der Waals surface area contributed by atoms with E-state index in [-0.39, 0.29) is 5.82 Å². The summed E-state index contributed by atoms with van der Waals surface area (Å²) in [6, 6.07) is 4.27. The van der Waals surface area contributed by atoms with Crippen molar-refractivity contribution in [3.63, 3.8) is 0 Å². The molecule has 21 heavy (non-hydrogen) atoms. The summed E-state index contributed by atoms with van der Waals surface area (Å²) in [6.07, 6.45) is 3.45.